The molecule has 1 aliphatic rings. The van der Waals surface area contributed by atoms with E-state index in [0.717, 1.165) is 24.1 Å². The van der Waals surface area contributed by atoms with Gasteiger partial charge in [-0.15, -0.1) is 0 Å². The van der Waals surface area contributed by atoms with Crippen LogP contribution in [0.2, 0.25) is 5.02 Å². The summed E-state index contributed by atoms with van der Waals surface area (Å²) in [4.78, 5) is 14.1. The molecule has 0 spiro atoms. The molecule has 120 valence electrons. The maximum Gasteiger partial charge on any atom is 0.246 e. The standard InChI is InChI=1S/C17H18ClN3O2/c18-14-3-1-2-12(10-14)4-5-17(22)21-8-6-13(7-9-21)15-11-16(19)23-20-15/h1-5,10-11,13H,6-9,19H2. The van der Waals surface area contributed by atoms with Crippen LogP contribution in [-0.2, 0) is 4.79 Å². The number of nitrogens with two attached hydrogens (primary N) is 1. The van der Waals surface area contributed by atoms with Crippen LogP contribution in [0.25, 0.3) is 6.08 Å². The number of benzene rings is 1. The summed E-state index contributed by atoms with van der Waals surface area (Å²) in [5.74, 6) is 0.656. The number of hydrogen-bond donors (Lipinski definition) is 1. The van der Waals surface area contributed by atoms with Crippen LogP contribution < -0.4 is 5.73 Å². The Hall–Kier alpha value is -2.27. The minimum absolute atomic E-state index is 0.0168. The normalized spacial score (nSPS) is 16.1. The number of nitrogens with zero attached hydrogens (tertiary/aromatic N) is 2. The van der Waals surface area contributed by atoms with Crippen molar-refractivity contribution in [1.82, 2.24) is 10.1 Å². The minimum atomic E-state index is 0.0168. The van der Waals surface area contributed by atoms with E-state index in [-0.39, 0.29) is 5.91 Å². The third-order valence-electron chi connectivity index (χ3n) is 4.04. The molecule has 1 aliphatic heterocycles. The molecule has 1 aromatic heterocycles. The van der Waals surface area contributed by atoms with Gasteiger partial charge in [-0.2, -0.15) is 0 Å². The lowest BCUT2D eigenvalue weighted by atomic mass is 9.93. The molecule has 0 unspecified atom stereocenters. The van der Waals surface area contributed by atoms with Crippen LogP contribution in [0.4, 0.5) is 5.88 Å². The predicted molar refractivity (Wildman–Crippen MR) is 90.0 cm³/mol. The van der Waals surface area contributed by atoms with Crippen LogP contribution in [0, 0.1) is 0 Å². The summed E-state index contributed by atoms with van der Waals surface area (Å²) in [5.41, 5.74) is 7.35. The Morgan fingerprint density at radius 1 is 1.35 bits per heavy atom. The SMILES string of the molecule is Nc1cc(C2CCN(C(=O)C=Cc3cccc(Cl)c3)CC2)no1. The van der Waals surface area contributed by atoms with Gasteiger partial charge in [-0.25, -0.2) is 0 Å². The molecule has 1 fully saturated rings. The molecule has 0 saturated carbocycles. The van der Waals surface area contributed by atoms with Crippen molar-refractivity contribution in [3.05, 3.63) is 52.7 Å². The highest BCUT2D eigenvalue weighted by Crippen LogP contribution is 2.28. The molecule has 0 radical (unpaired) electrons. The number of amides is 1. The third-order valence-corrected chi connectivity index (χ3v) is 4.27. The van der Waals surface area contributed by atoms with Crippen molar-refractivity contribution >= 4 is 29.5 Å². The van der Waals surface area contributed by atoms with E-state index in [1.165, 1.54) is 0 Å². The van der Waals surface area contributed by atoms with Gasteiger partial charge in [0.1, 0.15) is 0 Å². The summed E-state index contributed by atoms with van der Waals surface area (Å²) in [7, 11) is 0. The molecule has 1 aromatic carbocycles. The van der Waals surface area contributed by atoms with Gasteiger partial charge in [-0.1, -0.05) is 28.9 Å². The number of halogens is 1. The first-order chi connectivity index (χ1) is 11.1. The molecule has 0 aliphatic carbocycles. The molecular formula is C17H18ClN3O2. The van der Waals surface area contributed by atoms with Gasteiger partial charge in [0, 0.05) is 36.2 Å². The van der Waals surface area contributed by atoms with Crippen LogP contribution in [-0.4, -0.2) is 29.1 Å². The van der Waals surface area contributed by atoms with E-state index in [1.54, 1.807) is 18.2 Å². The predicted octanol–water partition coefficient (Wildman–Crippen LogP) is 3.33. The van der Waals surface area contributed by atoms with Gasteiger partial charge in [0.25, 0.3) is 0 Å². The first kappa shape index (κ1) is 15.6. The molecular weight excluding hydrogens is 314 g/mol. The van der Waals surface area contributed by atoms with Crippen LogP contribution in [0.1, 0.15) is 30.0 Å². The summed E-state index contributed by atoms with van der Waals surface area (Å²) in [6.45, 7) is 1.41. The van der Waals surface area contributed by atoms with Crippen molar-refractivity contribution in [3.63, 3.8) is 0 Å². The van der Waals surface area contributed by atoms with Crippen LogP contribution in [0.5, 0.6) is 0 Å². The highest BCUT2D eigenvalue weighted by molar-refractivity contribution is 6.30. The number of carbonyl (C=O) groups excluding carboxylic acids is 1. The van der Waals surface area contributed by atoms with Crippen LogP contribution >= 0.6 is 11.6 Å². The molecule has 2 heterocycles. The quantitative estimate of drug-likeness (QED) is 0.876. The summed E-state index contributed by atoms with van der Waals surface area (Å²) >= 11 is 5.93. The Bertz CT molecular complexity index is 718. The molecule has 6 heteroatoms. The summed E-state index contributed by atoms with van der Waals surface area (Å²) in [5, 5.41) is 4.62. The summed E-state index contributed by atoms with van der Waals surface area (Å²) < 4.78 is 4.91. The van der Waals surface area contributed by atoms with E-state index in [4.69, 9.17) is 21.9 Å². The van der Waals surface area contributed by atoms with E-state index in [2.05, 4.69) is 5.16 Å². The largest absolute Gasteiger partial charge is 0.368 e. The molecule has 2 aromatic rings. The third kappa shape index (κ3) is 3.93. The number of anilines is 1. The van der Waals surface area contributed by atoms with Gasteiger partial charge >= 0.3 is 0 Å². The van der Waals surface area contributed by atoms with E-state index in [9.17, 15) is 4.79 Å². The lowest BCUT2D eigenvalue weighted by Crippen LogP contribution is -2.36. The van der Waals surface area contributed by atoms with Gasteiger partial charge in [0.15, 0.2) is 0 Å². The zero-order chi connectivity index (χ0) is 16.2. The van der Waals surface area contributed by atoms with Crippen molar-refractivity contribution in [2.75, 3.05) is 18.8 Å². The second-order valence-corrected chi connectivity index (χ2v) is 6.08. The van der Waals surface area contributed by atoms with Crippen molar-refractivity contribution in [2.45, 2.75) is 18.8 Å². The Morgan fingerprint density at radius 2 is 2.13 bits per heavy atom. The number of carbonyl (C=O) groups is 1. The lowest BCUT2D eigenvalue weighted by Gasteiger charge is -2.30. The number of nitrogen functional groups attached to an aromatic ring is 1. The molecule has 1 amide bonds. The van der Waals surface area contributed by atoms with Crippen molar-refractivity contribution in [1.29, 1.82) is 0 Å². The zero-order valence-corrected chi connectivity index (χ0v) is 13.4. The molecule has 1 saturated heterocycles. The number of aromatic nitrogens is 1. The van der Waals surface area contributed by atoms with Gasteiger partial charge in [-0.05, 0) is 36.6 Å². The minimum Gasteiger partial charge on any atom is -0.368 e. The fourth-order valence-corrected chi connectivity index (χ4v) is 2.97. The second-order valence-electron chi connectivity index (χ2n) is 5.64. The summed E-state index contributed by atoms with van der Waals surface area (Å²) in [6.07, 6.45) is 5.12. The smallest absolute Gasteiger partial charge is 0.246 e. The maximum absolute atomic E-state index is 12.3. The van der Waals surface area contributed by atoms with E-state index >= 15 is 0 Å². The Labute approximate surface area is 139 Å². The first-order valence-corrected chi connectivity index (χ1v) is 7.94. The van der Waals surface area contributed by atoms with Crippen molar-refractivity contribution < 1.29 is 9.32 Å². The first-order valence-electron chi connectivity index (χ1n) is 7.56. The van der Waals surface area contributed by atoms with Crippen LogP contribution in [0.3, 0.4) is 0 Å². The van der Waals surface area contributed by atoms with E-state index < -0.39 is 0 Å². The van der Waals surface area contributed by atoms with E-state index in [0.29, 0.717) is 29.9 Å². The van der Waals surface area contributed by atoms with E-state index in [1.807, 2.05) is 29.2 Å². The van der Waals surface area contributed by atoms with Crippen molar-refractivity contribution in [2.24, 2.45) is 0 Å². The Balaban J connectivity index is 1.56. The van der Waals surface area contributed by atoms with Gasteiger partial charge in [0.2, 0.25) is 11.8 Å². The molecule has 23 heavy (non-hydrogen) atoms. The second kappa shape index (κ2) is 6.87. The average molecular weight is 332 g/mol. The highest BCUT2D eigenvalue weighted by Gasteiger charge is 2.24. The van der Waals surface area contributed by atoms with Gasteiger partial charge < -0.3 is 15.2 Å². The van der Waals surface area contributed by atoms with Gasteiger partial charge in [-0.3, -0.25) is 4.79 Å². The molecule has 0 bridgehead atoms. The number of piperidine rings is 1. The maximum atomic E-state index is 12.3. The number of rotatable bonds is 3. The van der Waals surface area contributed by atoms with Crippen LogP contribution in [0.15, 0.2) is 40.9 Å². The highest BCUT2D eigenvalue weighted by atomic mass is 35.5. The molecule has 3 rings (SSSR count). The van der Waals surface area contributed by atoms with Crippen molar-refractivity contribution in [3.8, 4) is 0 Å². The fourth-order valence-electron chi connectivity index (χ4n) is 2.78. The summed E-state index contributed by atoms with van der Waals surface area (Å²) in [6, 6.07) is 9.17. The molecule has 5 nitrogen and oxygen atoms in total. The lowest BCUT2D eigenvalue weighted by molar-refractivity contribution is -0.126. The molecule has 0 atom stereocenters. The topological polar surface area (TPSA) is 72.4 Å². The zero-order valence-electron chi connectivity index (χ0n) is 12.6. The fraction of sp³-hybridized carbons (Fsp3) is 0.294. The Morgan fingerprint density at radius 3 is 2.78 bits per heavy atom. The Kier molecular flexibility index (Phi) is 4.67. The number of likely N-dealkylation sites (tertiary alicyclic amines) is 1. The number of hydrogen-bond acceptors (Lipinski definition) is 4. The van der Waals surface area contributed by atoms with Gasteiger partial charge in [0.05, 0.1) is 5.69 Å². The monoisotopic (exact) mass is 331 g/mol. The molecule has 2 N–H and O–H groups in total. The average Bonchev–Trinajstić information content (AvgIpc) is 2.99.